The Balaban J connectivity index is 1.78. The zero-order valence-corrected chi connectivity index (χ0v) is 17.4. The first-order valence-corrected chi connectivity index (χ1v) is 10.1. The molecule has 0 radical (unpaired) electrons. The van der Waals surface area contributed by atoms with Crippen molar-refractivity contribution < 1.29 is 9.59 Å². The van der Waals surface area contributed by atoms with Gasteiger partial charge in [0.15, 0.2) is 5.78 Å². The minimum atomic E-state index is -0.555. The second-order valence-electron chi connectivity index (χ2n) is 7.41. The van der Waals surface area contributed by atoms with Gasteiger partial charge in [-0.1, -0.05) is 48.9 Å². The molecular formula is C23H22ClN3O2. The third-order valence-corrected chi connectivity index (χ3v) is 5.87. The number of carbonyl (C=O) groups is 2. The van der Waals surface area contributed by atoms with Gasteiger partial charge in [-0.15, -0.1) is 0 Å². The first-order chi connectivity index (χ1) is 13.9. The maximum absolute atomic E-state index is 13.3. The monoisotopic (exact) mass is 407 g/mol. The molecule has 2 heterocycles. The average molecular weight is 408 g/mol. The van der Waals surface area contributed by atoms with E-state index in [0.29, 0.717) is 16.4 Å². The van der Waals surface area contributed by atoms with Crippen LogP contribution in [0.5, 0.6) is 0 Å². The molecule has 1 amide bonds. The lowest BCUT2D eigenvalue weighted by Gasteiger charge is -2.23. The van der Waals surface area contributed by atoms with E-state index < -0.39 is 5.92 Å². The fraction of sp³-hybridized carbons (Fsp3) is 0.261. The van der Waals surface area contributed by atoms with Crippen LogP contribution in [-0.4, -0.2) is 21.5 Å². The molecule has 1 unspecified atom stereocenters. The number of hydrogen-bond donors (Lipinski definition) is 1. The van der Waals surface area contributed by atoms with Gasteiger partial charge in [0.05, 0.1) is 17.3 Å². The van der Waals surface area contributed by atoms with E-state index in [1.54, 1.807) is 4.68 Å². The summed E-state index contributed by atoms with van der Waals surface area (Å²) >= 11 is 6.28. The molecule has 0 saturated carbocycles. The lowest BCUT2D eigenvalue weighted by Crippen LogP contribution is -2.28. The van der Waals surface area contributed by atoms with Crippen LogP contribution in [0.15, 0.2) is 42.5 Å². The predicted molar refractivity (Wildman–Crippen MR) is 114 cm³/mol. The lowest BCUT2D eigenvalue weighted by atomic mass is 9.85. The number of amides is 1. The number of fused-ring (bicyclic) bond motifs is 1. The Kier molecular flexibility index (Phi) is 5.01. The minimum Gasteiger partial charge on any atom is -0.310 e. The van der Waals surface area contributed by atoms with Gasteiger partial charge in [0.2, 0.25) is 5.91 Å². The third-order valence-electron chi connectivity index (χ3n) is 5.47. The van der Waals surface area contributed by atoms with E-state index in [0.717, 1.165) is 28.9 Å². The Morgan fingerprint density at radius 1 is 1.21 bits per heavy atom. The van der Waals surface area contributed by atoms with Crippen LogP contribution in [0.4, 0.5) is 5.82 Å². The van der Waals surface area contributed by atoms with Gasteiger partial charge in [-0.3, -0.25) is 9.59 Å². The van der Waals surface area contributed by atoms with E-state index in [1.807, 2.05) is 56.3 Å². The van der Waals surface area contributed by atoms with Crippen LogP contribution in [0.3, 0.4) is 0 Å². The Labute approximate surface area is 174 Å². The van der Waals surface area contributed by atoms with Crippen LogP contribution >= 0.6 is 11.6 Å². The Hall–Kier alpha value is -2.92. The second kappa shape index (κ2) is 7.48. The molecule has 1 N–H and O–H groups in total. The van der Waals surface area contributed by atoms with Gasteiger partial charge in [-0.2, -0.15) is 5.10 Å². The van der Waals surface area contributed by atoms with E-state index in [-0.39, 0.29) is 18.1 Å². The van der Waals surface area contributed by atoms with E-state index in [4.69, 9.17) is 11.6 Å². The van der Waals surface area contributed by atoms with Crippen molar-refractivity contribution in [3.63, 3.8) is 0 Å². The van der Waals surface area contributed by atoms with Crippen molar-refractivity contribution in [3.05, 3.63) is 75.4 Å². The number of carbonyl (C=O) groups excluding carboxylic acids is 2. The summed E-state index contributed by atoms with van der Waals surface area (Å²) in [7, 11) is 0. The van der Waals surface area contributed by atoms with Crippen molar-refractivity contribution in [1.29, 1.82) is 0 Å². The smallest absolute Gasteiger partial charge is 0.226 e. The second-order valence-corrected chi connectivity index (χ2v) is 7.82. The van der Waals surface area contributed by atoms with Gasteiger partial charge in [-0.05, 0) is 43.5 Å². The third kappa shape index (κ3) is 3.47. The fourth-order valence-corrected chi connectivity index (χ4v) is 3.95. The van der Waals surface area contributed by atoms with Gasteiger partial charge >= 0.3 is 0 Å². The molecule has 0 saturated heterocycles. The number of benzene rings is 2. The number of nitrogens with zero attached hydrogens (tertiary/aromatic N) is 2. The normalized spacial score (nSPS) is 15.7. The first-order valence-electron chi connectivity index (χ1n) is 9.68. The van der Waals surface area contributed by atoms with Crippen molar-refractivity contribution in [2.75, 3.05) is 5.32 Å². The zero-order valence-electron chi connectivity index (χ0n) is 16.6. The molecule has 0 fully saturated rings. The molecule has 1 atom stereocenters. The highest BCUT2D eigenvalue weighted by molar-refractivity contribution is 6.31. The summed E-state index contributed by atoms with van der Waals surface area (Å²) in [6.45, 7) is 5.86. The van der Waals surface area contributed by atoms with Gasteiger partial charge < -0.3 is 5.32 Å². The topological polar surface area (TPSA) is 64.0 Å². The Morgan fingerprint density at radius 2 is 1.93 bits per heavy atom. The van der Waals surface area contributed by atoms with Crippen molar-refractivity contribution >= 4 is 29.1 Å². The van der Waals surface area contributed by atoms with E-state index in [2.05, 4.69) is 17.3 Å². The minimum absolute atomic E-state index is 0.0617. The number of aromatic nitrogens is 2. The largest absolute Gasteiger partial charge is 0.310 e. The summed E-state index contributed by atoms with van der Waals surface area (Å²) in [6, 6.07) is 13.2. The summed E-state index contributed by atoms with van der Waals surface area (Å²) < 4.78 is 1.66. The zero-order chi connectivity index (χ0) is 20.7. The maximum Gasteiger partial charge on any atom is 0.226 e. The van der Waals surface area contributed by atoms with E-state index in [1.165, 1.54) is 5.56 Å². The summed E-state index contributed by atoms with van der Waals surface area (Å²) in [5.41, 5.74) is 4.97. The van der Waals surface area contributed by atoms with Crippen LogP contribution in [0, 0.1) is 13.8 Å². The summed E-state index contributed by atoms with van der Waals surface area (Å²) in [5, 5.41) is 8.14. The van der Waals surface area contributed by atoms with Crippen molar-refractivity contribution in [1.82, 2.24) is 9.78 Å². The number of Topliss-reactive ketones (excluding diaryl/α,β-unsaturated/α-hetero) is 1. The van der Waals surface area contributed by atoms with Crippen molar-refractivity contribution in [3.8, 4) is 5.69 Å². The fourth-order valence-electron chi connectivity index (χ4n) is 3.78. The number of ketones is 1. The van der Waals surface area contributed by atoms with Gasteiger partial charge in [0, 0.05) is 22.6 Å². The van der Waals surface area contributed by atoms with Crippen LogP contribution in [0.2, 0.25) is 5.02 Å². The summed E-state index contributed by atoms with van der Waals surface area (Å²) in [6.07, 6.45) is 1.03. The molecule has 0 bridgehead atoms. The molecule has 148 valence electrons. The molecule has 4 rings (SSSR count). The van der Waals surface area contributed by atoms with Crippen molar-refractivity contribution in [2.45, 2.75) is 39.5 Å². The highest BCUT2D eigenvalue weighted by Gasteiger charge is 2.36. The van der Waals surface area contributed by atoms with Gasteiger partial charge in [-0.25, -0.2) is 4.68 Å². The number of hydrogen-bond acceptors (Lipinski definition) is 3. The molecule has 6 heteroatoms. The molecule has 1 aromatic heterocycles. The molecule has 0 spiro atoms. The first kappa shape index (κ1) is 19.4. The summed E-state index contributed by atoms with van der Waals surface area (Å²) in [4.78, 5) is 25.7. The number of aryl methyl sites for hydroxylation is 3. The predicted octanol–water partition coefficient (Wildman–Crippen LogP) is 5.01. The lowest BCUT2D eigenvalue weighted by molar-refractivity contribution is -0.116. The van der Waals surface area contributed by atoms with Crippen LogP contribution in [-0.2, 0) is 11.2 Å². The van der Waals surface area contributed by atoms with Gasteiger partial charge in [0.1, 0.15) is 5.82 Å². The van der Waals surface area contributed by atoms with E-state index in [9.17, 15) is 9.59 Å². The highest BCUT2D eigenvalue weighted by Crippen LogP contribution is 2.38. The standard InChI is InChI=1S/C23H22ClN3O2/c1-4-15-6-8-16(9-7-15)22(29)18-12-20(28)25-23-21(18)14(3)26-27(23)17-10-5-13(2)19(24)11-17/h5-11,18H,4,12H2,1-3H3,(H,25,28). The van der Waals surface area contributed by atoms with Crippen molar-refractivity contribution in [2.24, 2.45) is 0 Å². The average Bonchev–Trinajstić information content (AvgIpc) is 3.05. The van der Waals surface area contributed by atoms with Crippen LogP contribution < -0.4 is 5.32 Å². The molecule has 1 aliphatic heterocycles. The van der Waals surface area contributed by atoms with E-state index >= 15 is 0 Å². The SMILES string of the molecule is CCc1ccc(C(=O)C2CC(=O)Nc3c2c(C)nn3-c2ccc(C)c(Cl)c2)cc1. The molecule has 3 aromatic rings. The number of anilines is 1. The van der Waals surface area contributed by atoms with Crippen LogP contribution in [0.1, 0.15) is 52.0 Å². The quantitative estimate of drug-likeness (QED) is 0.618. The highest BCUT2D eigenvalue weighted by atomic mass is 35.5. The molecular weight excluding hydrogens is 386 g/mol. The summed E-state index contributed by atoms with van der Waals surface area (Å²) in [5.74, 6) is -0.267. The molecule has 2 aromatic carbocycles. The number of halogens is 1. The Morgan fingerprint density at radius 3 is 2.59 bits per heavy atom. The molecule has 5 nitrogen and oxygen atoms in total. The number of nitrogens with one attached hydrogen (secondary N) is 1. The molecule has 0 aliphatic carbocycles. The maximum atomic E-state index is 13.3. The van der Waals surface area contributed by atoms with Gasteiger partial charge in [0.25, 0.3) is 0 Å². The van der Waals surface area contributed by atoms with Crippen LogP contribution in [0.25, 0.3) is 5.69 Å². The number of rotatable bonds is 4. The molecule has 29 heavy (non-hydrogen) atoms. The Bertz CT molecular complexity index is 1120. The molecule has 1 aliphatic rings.